The molecular weight excluding hydrogens is 269 g/mol. The van der Waals surface area contributed by atoms with Gasteiger partial charge in [-0.05, 0) is 37.0 Å². The molecule has 2 atom stereocenters. The molecule has 0 aromatic heterocycles. The fraction of sp³-hybridized carbons (Fsp3) is 0.538. The van der Waals surface area contributed by atoms with E-state index in [0.29, 0.717) is 12.0 Å². The van der Waals surface area contributed by atoms with Crippen molar-refractivity contribution in [2.24, 2.45) is 5.92 Å². The molecular formula is C13H18FNO3S. The lowest BCUT2D eigenvalue weighted by Gasteiger charge is -2.33. The summed E-state index contributed by atoms with van der Waals surface area (Å²) in [6.45, 7) is 3.99. The van der Waals surface area contributed by atoms with Crippen LogP contribution in [0, 0.1) is 18.7 Å². The SMILES string of the molecule is Cc1ccc(F)cc1S(=O)(=O)N1CCC(O)C(C)C1. The molecule has 1 fully saturated rings. The maximum atomic E-state index is 13.3. The molecule has 0 radical (unpaired) electrons. The van der Waals surface area contributed by atoms with Gasteiger partial charge in [0.15, 0.2) is 0 Å². The number of aliphatic hydroxyl groups excluding tert-OH is 1. The van der Waals surface area contributed by atoms with Crippen LogP contribution in [-0.4, -0.2) is 37.0 Å². The Bertz CT molecular complexity index is 573. The van der Waals surface area contributed by atoms with E-state index >= 15 is 0 Å². The van der Waals surface area contributed by atoms with Crippen molar-refractivity contribution in [2.45, 2.75) is 31.3 Å². The Hall–Kier alpha value is -0.980. The number of piperidine rings is 1. The molecule has 106 valence electrons. The van der Waals surface area contributed by atoms with Crippen molar-refractivity contribution in [3.63, 3.8) is 0 Å². The largest absolute Gasteiger partial charge is 0.393 e. The summed E-state index contributed by atoms with van der Waals surface area (Å²) in [6.07, 6.45) is -0.0607. The van der Waals surface area contributed by atoms with Gasteiger partial charge in [-0.3, -0.25) is 0 Å². The van der Waals surface area contributed by atoms with Crippen LogP contribution in [0.1, 0.15) is 18.9 Å². The normalized spacial score (nSPS) is 25.5. The summed E-state index contributed by atoms with van der Waals surface area (Å²) in [7, 11) is -3.69. The summed E-state index contributed by atoms with van der Waals surface area (Å²) in [5.74, 6) is -0.674. The van der Waals surface area contributed by atoms with Crippen LogP contribution in [0.2, 0.25) is 0 Å². The molecule has 1 heterocycles. The fourth-order valence-corrected chi connectivity index (χ4v) is 4.10. The van der Waals surface area contributed by atoms with E-state index in [-0.39, 0.29) is 23.9 Å². The zero-order valence-electron chi connectivity index (χ0n) is 11.0. The third-order valence-corrected chi connectivity index (χ3v) is 5.60. The first-order chi connectivity index (χ1) is 8.82. The molecule has 1 aromatic rings. The van der Waals surface area contributed by atoms with Gasteiger partial charge in [0.2, 0.25) is 10.0 Å². The first-order valence-corrected chi connectivity index (χ1v) is 7.70. The third kappa shape index (κ3) is 2.80. The van der Waals surface area contributed by atoms with Crippen LogP contribution in [0.5, 0.6) is 0 Å². The molecule has 0 spiro atoms. The molecule has 1 aromatic carbocycles. The van der Waals surface area contributed by atoms with Gasteiger partial charge in [0.1, 0.15) is 5.82 Å². The van der Waals surface area contributed by atoms with Crippen molar-refractivity contribution in [1.82, 2.24) is 4.31 Å². The number of aliphatic hydroxyl groups is 1. The first kappa shape index (κ1) is 14.4. The minimum Gasteiger partial charge on any atom is -0.393 e. The van der Waals surface area contributed by atoms with E-state index in [9.17, 15) is 17.9 Å². The zero-order chi connectivity index (χ0) is 14.2. The maximum absolute atomic E-state index is 13.3. The lowest BCUT2D eigenvalue weighted by molar-refractivity contribution is 0.0628. The molecule has 2 unspecified atom stereocenters. The highest BCUT2D eigenvalue weighted by Gasteiger charge is 2.33. The molecule has 1 aliphatic rings. The number of aryl methyl sites for hydroxylation is 1. The van der Waals surface area contributed by atoms with Gasteiger partial charge in [-0.2, -0.15) is 4.31 Å². The highest BCUT2D eigenvalue weighted by Crippen LogP contribution is 2.26. The Kier molecular flexibility index (Phi) is 3.94. The maximum Gasteiger partial charge on any atom is 0.243 e. The average molecular weight is 287 g/mol. The number of benzene rings is 1. The molecule has 6 heteroatoms. The van der Waals surface area contributed by atoms with E-state index in [1.54, 1.807) is 6.92 Å². The molecule has 0 aliphatic carbocycles. The monoisotopic (exact) mass is 287 g/mol. The van der Waals surface area contributed by atoms with Crippen LogP contribution >= 0.6 is 0 Å². The Balaban J connectivity index is 2.35. The van der Waals surface area contributed by atoms with Crippen molar-refractivity contribution in [3.8, 4) is 0 Å². The first-order valence-electron chi connectivity index (χ1n) is 6.26. The van der Waals surface area contributed by atoms with Crippen LogP contribution in [0.4, 0.5) is 4.39 Å². The van der Waals surface area contributed by atoms with Crippen LogP contribution in [0.15, 0.2) is 23.1 Å². The highest BCUT2D eigenvalue weighted by atomic mass is 32.2. The van der Waals surface area contributed by atoms with Gasteiger partial charge in [-0.1, -0.05) is 13.0 Å². The molecule has 1 saturated heterocycles. The van der Waals surface area contributed by atoms with Crippen LogP contribution in [0.3, 0.4) is 0 Å². The van der Waals surface area contributed by atoms with Crippen LogP contribution in [0.25, 0.3) is 0 Å². The highest BCUT2D eigenvalue weighted by molar-refractivity contribution is 7.89. The van der Waals surface area contributed by atoms with Crippen molar-refractivity contribution >= 4 is 10.0 Å². The van der Waals surface area contributed by atoms with Gasteiger partial charge in [0.05, 0.1) is 11.0 Å². The zero-order valence-corrected chi connectivity index (χ0v) is 11.8. The predicted molar refractivity (Wildman–Crippen MR) is 69.7 cm³/mol. The molecule has 1 aliphatic heterocycles. The third-order valence-electron chi connectivity index (χ3n) is 3.59. The second kappa shape index (κ2) is 5.19. The minimum absolute atomic E-state index is 0.0103. The Morgan fingerprint density at radius 3 is 2.74 bits per heavy atom. The van der Waals surface area contributed by atoms with Crippen molar-refractivity contribution < 1.29 is 17.9 Å². The fourth-order valence-electron chi connectivity index (χ4n) is 2.30. The molecule has 0 bridgehead atoms. The van der Waals surface area contributed by atoms with Gasteiger partial charge in [-0.15, -0.1) is 0 Å². The standard InChI is InChI=1S/C13H18FNO3S/c1-9-3-4-11(14)7-13(9)19(17,18)15-6-5-12(16)10(2)8-15/h3-4,7,10,12,16H,5-6,8H2,1-2H3. The number of rotatable bonds is 2. The van der Waals surface area contributed by atoms with Gasteiger partial charge < -0.3 is 5.11 Å². The number of hydrogen-bond donors (Lipinski definition) is 1. The summed E-state index contributed by atoms with van der Waals surface area (Å²) in [5.41, 5.74) is 0.528. The van der Waals surface area contributed by atoms with Gasteiger partial charge in [0, 0.05) is 13.1 Å². The minimum atomic E-state index is -3.69. The summed E-state index contributed by atoms with van der Waals surface area (Å²) >= 11 is 0. The molecule has 4 nitrogen and oxygen atoms in total. The van der Waals surface area contributed by atoms with E-state index in [4.69, 9.17) is 0 Å². The molecule has 1 N–H and O–H groups in total. The van der Waals surface area contributed by atoms with E-state index in [1.807, 2.05) is 6.92 Å². The number of hydrogen-bond acceptors (Lipinski definition) is 3. The van der Waals surface area contributed by atoms with Crippen molar-refractivity contribution in [1.29, 1.82) is 0 Å². The van der Waals surface area contributed by atoms with E-state index in [2.05, 4.69) is 0 Å². The topological polar surface area (TPSA) is 57.6 Å². The van der Waals surface area contributed by atoms with Crippen molar-refractivity contribution in [3.05, 3.63) is 29.6 Å². The Morgan fingerprint density at radius 2 is 2.11 bits per heavy atom. The van der Waals surface area contributed by atoms with E-state index in [0.717, 1.165) is 6.07 Å². The van der Waals surface area contributed by atoms with Gasteiger partial charge in [0.25, 0.3) is 0 Å². The predicted octanol–water partition coefficient (Wildman–Crippen LogP) is 1.53. The second-order valence-electron chi connectivity index (χ2n) is 5.11. The smallest absolute Gasteiger partial charge is 0.243 e. The molecule has 19 heavy (non-hydrogen) atoms. The van der Waals surface area contributed by atoms with Gasteiger partial charge in [-0.25, -0.2) is 12.8 Å². The quantitative estimate of drug-likeness (QED) is 0.897. The van der Waals surface area contributed by atoms with Crippen LogP contribution in [-0.2, 0) is 10.0 Å². The summed E-state index contributed by atoms with van der Waals surface area (Å²) in [5, 5.41) is 9.65. The van der Waals surface area contributed by atoms with Gasteiger partial charge >= 0.3 is 0 Å². The number of nitrogens with zero attached hydrogens (tertiary/aromatic N) is 1. The van der Waals surface area contributed by atoms with E-state index in [1.165, 1.54) is 16.4 Å². The Morgan fingerprint density at radius 1 is 1.42 bits per heavy atom. The van der Waals surface area contributed by atoms with E-state index < -0.39 is 21.9 Å². The number of sulfonamides is 1. The Labute approximate surface area is 112 Å². The summed E-state index contributed by atoms with van der Waals surface area (Å²) in [4.78, 5) is 0.0103. The molecule has 0 saturated carbocycles. The summed E-state index contributed by atoms with van der Waals surface area (Å²) in [6, 6.07) is 3.77. The molecule has 2 rings (SSSR count). The number of halogens is 1. The second-order valence-corrected chi connectivity index (χ2v) is 7.01. The summed E-state index contributed by atoms with van der Waals surface area (Å²) < 4.78 is 39.6. The average Bonchev–Trinajstić information content (AvgIpc) is 2.35. The lowest BCUT2D eigenvalue weighted by atomic mass is 9.99. The lowest BCUT2D eigenvalue weighted by Crippen LogP contribution is -2.45. The van der Waals surface area contributed by atoms with Crippen LogP contribution < -0.4 is 0 Å². The van der Waals surface area contributed by atoms with Crippen molar-refractivity contribution in [2.75, 3.05) is 13.1 Å². The molecule has 0 amide bonds.